The van der Waals surface area contributed by atoms with Crippen LogP contribution in [0.4, 0.5) is 5.82 Å². The third-order valence-corrected chi connectivity index (χ3v) is 8.78. The van der Waals surface area contributed by atoms with Crippen molar-refractivity contribution in [2.45, 2.75) is 92.0 Å². The van der Waals surface area contributed by atoms with E-state index in [1.54, 1.807) is 6.33 Å². The Bertz CT molecular complexity index is 745. The lowest BCUT2D eigenvalue weighted by molar-refractivity contribution is -0.0444. The van der Waals surface area contributed by atoms with Crippen LogP contribution in [0.3, 0.4) is 0 Å². The van der Waals surface area contributed by atoms with Crippen LogP contribution in [0.2, 0.25) is 0 Å². The monoisotopic (exact) mass is 424 g/mol. The summed E-state index contributed by atoms with van der Waals surface area (Å²) in [7, 11) is 0. The van der Waals surface area contributed by atoms with Gasteiger partial charge < -0.3 is 5.32 Å². The highest BCUT2D eigenvalue weighted by molar-refractivity contribution is 5.47. The van der Waals surface area contributed by atoms with E-state index < -0.39 is 0 Å². The molecule has 4 bridgehead atoms. The average Bonchev–Trinajstić information content (AvgIpc) is 2.68. The van der Waals surface area contributed by atoms with Gasteiger partial charge in [-0.2, -0.15) is 0 Å². The number of nitrogens with zero attached hydrogens (tertiary/aromatic N) is 3. The molecule has 1 N–H and O–H groups in total. The quantitative estimate of drug-likeness (QED) is 0.589. The predicted octanol–water partition coefficient (Wildman–Crippen LogP) is 5.93. The van der Waals surface area contributed by atoms with Gasteiger partial charge in [-0.1, -0.05) is 27.7 Å². The molecule has 4 fully saturated rings. The second-order valence-electron chi connectivity index (χ2n) is 13.1. The van der Waals surface area contributed by atoms with Crippen LogP contribution in [0.5, 0.6) is 0 Å². The molecule has 4 aliphatic carbocycles. The number of nitrogens with one attached hydrogen (secondary N) is 1. The lowest BCUT2D eigenvalue weighted by Crippen LogP contribution is -2.49. The van der Waals surface area contributed by atoms with Crippen molar-refractivity contribution in [3.63, 3.8) is 0 Å². The van der Waals surface area contributed by atoms with E-state index >= 15 is 0 Å². The maximum absolute atomic E-state index is 4.71. The van der Waals surface area contributed by atoms with Crippen LogP contribution in [-0.2, 0) is 13.0 Å². The molecule has 0 amide bonds. The standard InChI is InChI=1S/C27H44N4/c1-19(12-26(2,3)4)5-7-31-8-6-23-24(16-31)29-18-30-25(23)28-17-27-13-20-9-21(14-27)11-22(10-20)15-27/h18-22H,5-17H2,1-4H3,(H,28,29,30). The van der Waals surface area contributed by atoms with Crippen LogP contribution in [-0.4, -0.2) is 34.5 Å². The molecule has 0 spiro atoms. The Morgan fingerprint density at radius 2 is 1.77 bits per heavy atom. The molecule has 1 unspecified atom stereocenters. The van der Waals surface area contributed by atoms with Gasteiger partial charge in [-0.05, 0) is 98.8 Å². The molecule has 1 aromatic heterocycles. The Hall–Kier alpha value is -1.16. The molecule has 5 aliphatic rings. The zero-order valence-electron chi connectivity index (χ0n) is 20.4. The maximum atomic E-state index is 4.71. The number of hydrogen-bond acceptors (Lipinski definition) is 4. The predicted molar refractivity (Wildman–Crippen MR) is 128 cm³/mol. The minimum Gasteiger partial charge on any atom is -0.369 e. The molecule has 6 rings (SSSR count). The minimum atomic E-state index is 0.429. The molecule has 4 heteroatoms. The number of anilines is 1. The van der Waals surface area contributed by atoms with E-state index in [0.29, 0.717) is 10.8 Å². The van der Waals surface area contributed by atoms with E-state index in [0.717, 1.165) is 55.5 Å². The van der Waals surface area contributed by atoms with Gasteiger partial charge in [0.05, 0.1) is 5.69 Å². The lowest BCUT2D eigenvalue weighted by Gasteiger charge is -2.57. The van der Waals surface area contributed by atoms with Gasteiger partial charge in [0.2, 0.25) is 0 Å². The number of rotatable bonds is 7. The molecule has 4 nitrogen and oxygen atoms in total. The molecule has 0 aromatic carbocycles. The van der Waals surface area contributed by atoms with Gasteiger partial charge >= 0.3 is 0 Å². The summed E-state index contributed by atoms with van der Waals surface area (Å²) >= 11 is 0. The second-order valence-corrected chi connectivity index (χ2v) is 13.1. The van der Waals surface area contributed by atoms with E-state index in [1.165, 1.54) is 69.2 Å². The largest absolute Gasteiger partial charge is 0.369 e. The SMILES string of the molecule is CC(CCN1CCc2c(ncnc2NCC23CC4CC(CC(C4)C2)C3)C1)CC(C)(C)C. The summed E-state index contributed by atoms with van der Waals surface area (Å²) in [5.74, 6) is 4.97. The highest BCUT2D eigenvalue weighted by atomic mass is 15.1. The normalized spacial score (nSPS) is 33.4. The molecule has 31 heavy (non-hydrogen) atoms. The third-order valence-electron chi connectivity index (χ3n) is 8.78. The zero-order chi connectivity index (χ0) is 21.6. The van der Waals surface area contributed by atoms with E-state index in [2.05, 4.69) is 37.9 Å². The first-order valence-electron chi connectivity index (χ1n) is 13.1. The van der Waals surface area contributed by atoms with Gasteiger partial charge in [-0.25, -0.2) is 9.97 Å². The summed E-state index contributed by atoms with van der Waals surface area (Å²) < 4.78 is 0. The van der Waals surface area contributed by atoms with E-state index in [-0.39, 0.29) is 0 Å². The van der Waals surface area contributed by atoms with Gasteiger partial charge in [-0.3, -0.25) is 4.90 Å². The highest BCUT2D eigenvalue weighted by Gasteiger charge is 2.50. The minimum absolute atomic E-state index is 0.429. The Morgan fingerprint density at radius 3 is 2.42 bits per heavy atom. The summed E-state index contributed by atoms with van der Waals surface area (Å²) in [4.78, 5) is 12.0. The molecule has 172 valence electrons. The first kappa shape index (κ1) is 21.7. The van der Waals surface area contributed by atoms with Crippen molar-refractivity contribution in [3.05, 3.63) is 17.6 Å². The topological polar surface area (TPSA) is 41.1 Å². The lowest BCUT2D eigenvalue weighted by atomic mass is 9.49. The molecule has 2 heterocycles. The Kier molecular flexibility index (Phi) is 5.82. The first-order valence-corrected chi connectivity index (χ1v) is 13.1. The van der Waals surface area contributed by atoms with E-state index in [1.807, 2.05) is 0 Å². The van der Waals surface area contributed by atoms with E-state index in [9.17, 15) is 0 Å². The van der Waals surface area contributed by atoms with Gasteiger partial charge in [0.15, 0.2) is 0 Å². The first-order chi connectivity index (χ1) is 14.8. The fourth-order valence-corrected chi connectivity index (χ4v) is 8.08. The smallest absolute Gasteiger partial charge is 0.132 e. The summed E-state index contributed by atoms with van der Waals surface area (Å²) in [5.41, 5.74) is 3.64. The summed E-state index contributed by atoms with van der Waals surface area (Å²) in [6.45, 7) is 13.9. The van der Waals surface area contributed by atoms with Crippen LogP contribution in [0.15, 0.2) is 6.33 Å². The Balaban J connectivity index is 1.18. The molecule has 0 saturated heterocycles. The summed E-state index contributed by atoms with van der Waals surface area (Å²) in [6, 6.07) is 0. The van der Waals surface area contributed by atoms with Crippen LogP contribution >= 0.6 is 0 Å². The summed E-state index contributed by atoms with van der Waals surface area (Å²) in [5, 5.41) is 3.85. The summed E-state index contributed by atoms with van der Waals surface area (Å²) in [6.07, 6.45) is 14.4. The van der Waals surface area contributed by atoms with Gasteiger partial charge in [0.25, 0.3) is 0 Å². The second kappa shape index (κ2) is 8.32. The van der Waals surface area contributed by atoms with E-state index in [4.69, 9.17) is 9.97 Å². The van der Waals surface area contributed by atoms with Crippen molar-refractivity contribution in [2.24, 2.45) is 34.5 Å². The molecular weight excluding hydrogens is 380 g/mol. The number of hydrogen-bond donors (Lipinski definition) is 1. The zero-order valence-corrected chi connectivity index (χ0v) is 20.4. The van der Waals surface area contributed by atoms with Crippen molar-refractivity contribution in [3.8, 4) is 0 Å². The third kappa shape index (κ3) is 4.94. The molecule has 1 atom stereocenters. The molecule has 4 saturated carbocycles. The average molecular weight is 425 g/mol. The molecular formula is C27H44N4. The molecule has 1 aromatic rings. The van der Waals surface area contributed by atoms with Crippen molar-refractivity contribution < 1.29 is 0 Å². The Labute approximate surface area is 190 Å². The van der Waals surface area contributed by atoms with Gasteiger partial charge in [0, 0.05) is 25.2 Å². The van der Waals surface area contributed by atoms with Crippen molar-refractivity contribution in [2.75, 3.05) is 25.0 Å². The van der Waals surface area contributed by atoms with Crippen LogP contribution in [0.1, 0.15) is 90.3 Å². The molecule has 0 radical (unpaired) electrons. The van der Waals surface area contributed by atoms with Crippen LogP contribution in [0.25, 0.3) is 0 Å². The Morgan fingerprint density at radius 1 is 1.10 bits per heavy atom. The maximum Gasteiger partial charge on any atom is 0.132 e. The van der Waals surface area contributed by atoms with Crippen molar-refractivity contribution in [1.29, 1.82) is 0 Å². The van der Waals surface area contributed by atoms with Gasteiger partial charge in [0.1, 0.15) is 12.1 Å². The van der Waals surface area contributed by atoms with Crippen molar-refractivity contribution in [1.82, 2.24) is 14.9 Å². The van der Waals surface area contributed by atoms with Gasteiger partial charge in [-0.15, -0.1) is 0 Å². The van der Waals surface area contributed by atoms with Crippen LogP contribution in [0, 0.1) is 34.5 Å². The molecule has 1 aliphatic heterocycles. The number of fused-ring (bicyclic) bond motifs is 1. The highest BCUT2D eigenvalue weighted by Crippen LogP contribution is 2.59. The van der Waals surface area contributed by atoms with Crippen molar-refractivity contribution >= 4 is 5.82 Å². The van der Waals surface area contributed by atoms with Crippen LogP contribution < -0.4 is 5.32 Å². The fourth-order valence-electron chi connectivity index (χ4n) is 8.08. The number of aromatic nitrogens is 2. The fraction of sp³-hybridized carbons (Fsp3) is 0.852.